The third-order valence-electron chi connectivity index (χ3n) is 2.14. The number of hydrogen-bond donors (Lipinski definition) is 0. The summed E-state index contributed by atoms with van der Waals surface area (Å²) < 4.78 is 23.4. The number of allylic oxidation sites excluding steroid dienone is 1. The summed E-state index contributed by atoms with van der Waals surface area (Å²) in [6.07, 6.45) is 1.13. The van der Waals surface area contributed by atoms with Crippen LogP contribution in [-0.4, -0.2) is 10.9 Å². The van der Waals surface area contributed by atoms with Crippen LogP contribution < -0.4 is 0 Å². The number of thioether (sulfide) groups is 1. The van der Waals surface area contributed by atoms with E-state index in [-0.39, 0.29) is 5.12 Å². The second kappa shape index (κ2) is 8.01. The van der Waals surface area contributed by atoms with Crippen molar-refractivity contribution in [1.29, 1.82) is 0 Å². The van der Waals surface area contributed by atoms with Gasteiger partial charge < -0.3 is 0 Å². The quantitative estimate of drug-likeness (QED) is 0.696. The van der Waals surface area contributed by atoms with Crippen LogP contribution in [0.2, 0.25) is 0 Å². The van der Waals surface area contributed by atoms with Crippen molar-refractivity contribution >= 4 is 16.9 Å². The van der Waals surface area contributed by atoms with Crippen molar-refractivity contribution in [2.45, 2.75) is 19.3 Å². The first-order chi connectivity index (χ1) is 8.20. The van der Waals surface area contributed by atoms with Crippen molar-refractivity contribution < 1.29 is 13.6 Å². The van der Waals surface area contributed by atoms with Crippen LogP contribution in [-0.2, 0) is 0 Å². The minimum absolute atomic E-state index is 0.0396. The Morgan fingerprint density at radius 2 is 1.88 bits per heavy atom. The highest BCUT2D eigenvalue weighted by Gasteiger charge is 2.04. The number of hydrogen-bond acceptors (Lipinski definition) is 2. The van der Waals surface area contributed by atoms with Gasteiger partial charge in [0.05, 0.1) is 0 Å². The molecule has 0 heterocycles. The summed E-state index contributed by atoms with van der Waals surface area (Å²) in [6.45, 7) is 0. The molecule has 0 radical (unpaired) electrons. The van der Waals surface area contributed by atoms with Crippen molar-refractivity contribution in [2.75, 3.05) is 5.75 Å². The molecule has 1 rings (SSSR count). The molecule has 92 valence electrons. The normalized spacial score (nSPS) is 10.0. The van der Waals surface area contributed by atoms with Crippen molar-refractivity contribution in [3.8, 4) is 0 Å². The number of benzene rings is 1. The van der Waals surface area contributed by atoms with Gasteiger partial charge in [-0.3, -0.25) is 4.79 Å². The van der Waals surface area contributed by atoms with E-state index in [9.17, 15) is 13.6 Å². The fourth-order valence-electron chi connectivity index (χ4n) is 1.28. The van der Waals surface area contributed by atoms with Gasteiger partial charge in [-0.1, -0.05) is 42.1 Å². The van der Waals surface area contributed by atoms with E-state index in [0.717, 1.165) is 12.5 Å². The van der Waals surface area contributed by atoms with Crippen LogP contribution in [0.25, 0.3) is 0 Å². The number of carbonyl (C=O) groups is 1. The molecule has 0 amide bonds. The third-order valence-corrected chi connectivity index (χ3v) is 3.13. The first kappa shape index (κ1) is 13.9. The lowest BCUT2D eigenvalue weighted by molar-refractivity contribution is 0.108. The van der Waals surface area contributed by atoms with Crippen molar-refractivity contribution in [1.82, 2.24) is 0 Å². The summed E-state index contributed by atoms with van der Waals surface area (Å²) in [6, 6.07) is 9.05. The highest BCUT2D eigenvalue weighted by Crippen LogP contribution is 2.14. The van der Waals surface area contributed by atoms with Crippen LogP contribution in [0.15, 0.2) is 42.5 Å². The van der Waals surface area contributed by atoms with E-state index in [1.807, 2.05) is 18.2 Å². The van der Waals surface area contributed by atoms with Crippen molar-refractivity contribution in [2.24, 2.45) is 0 Å². The summed E-state index contributed by atoms with van der Waals surface area (Å²) in [5, 5.41) is 0.0396. The van der Waals surface area contributed by atoms with Gasteiger partial charge in [0.25, 0.3) is 6.08 Å². The van der Waals surface area contributed by atoms with E-state index >= 15 is 0 Å². The van der Waals surface area contributed by atoms with Crippen LogP contribution in [0.1, 0.15) is 29.6 Å². The number of halogens is 2. The number of rotatable bonds is 6. The van der Waals surface area contributed by atoms with Crippen LogP contribution in [0.4, 0.5) is 8.78 Å². The van der Waals surface area contributed by atoms with E-state index in [1.54, 1.807) is 12.1 Å². The predicted molar refractivity (Wildman–Crippen MR) is 67.4 cm³/mol. The predicted octanol–water partition coefficient (Wildman–Crippen LogP) is 4.51. The van der Waals surface area contributed by atoms with Crippen LogP contribution in [0.3, 0.4) is 0 Å². The zero-order valence-corrected chi connectivity index (χ0v) is 10.2. The van der Waals surface area contributed by atoms with E-state index in [4.69, 9.17) is 0 Å². The van der Waals surface area contributed by atoms with Crippen LogP contribution in [0, 0.1) is 0 Å². The van der Waals surface area contributed by atoms with E-state index in [2.05, 4.69) is 0 Å². The maximum absolute atomic E-state index is 11.7. The molecule has 1 aromatic rings. The Labute approximate surface area is 104 Å². The molecular weight excluding hydrogens is 242 g/mol. The monoisotopic (exact) mass is 256 g/mol. The average Bonchev–Trinajstić information content (AvgIpc) is 2.34. The summed E-state index contributed by atoms with van der Waals surface area (Å²) in [7, 11) is 0. The molecule has 0 saturated carbocycles. The molecule has 0 unspecified atom stereocenters. The summed E-state index contributed by atoms with van der Waals surface area (Å²) in [5.41, 5.74) is 0.687. The second-order valence-electron chi connectivity index (χ2n) is 3.49. The standard InChI is InChI=1S/C13H14F2OS/c14-12(15)9-5-2-6-10-17-13(16)11-7-3-1-4-8-11/h1,3-4,7-9H,2,5-6,10H2. The Kier molecular flexibility index (Phi) is 6.55. The van der Waals surface area contributed by atoms with E-state index in [1.165, 1.54) is 11.8 Å². The molecule has 0 bridgehead atoms. The summed E-state index contributed by atoms with van der Waals surface area (Å²) >= 11 is 1.24. The molecule has 0 atom stereocenters. The average molecular weight is 256 g/mol. The lowest BCUT2D eigenvalue weighted by Gasteiger charge is -2.00. The third kappa shape index (κ3) is 6.22. The summed E-state index contributed by atoms with van der Waals surface area (Å²) in [5.74, 6) is 0.676. The lowest BCUT2D eigenvalue weighted by atomic mass is 10.2. The van der Waals surface area contributed by atoms with Gasteiger partial charge in [-0.25, -0.2) is 0 Å². The molecular formula is C13H14F2OS. The minimum atomic E-state index is -1.63. The van der Waals surface area contributed by atoms with E-state index in [0.29, 0.717) is 24.2 Å². The highest BCUT2D eigenvalue weighted by molar-refractivity contribution is 8.14. The molecule has 0 aromatic heterocycles. The Hall–Kier alpha value is -1.16. The first-order valence-corrected chi connectivity index (χ1v) is 6.42. The van der Waals surface area contributed by atoms with Crippen LogP contribution in [0.5, 0.6) is 0 Å². The maximum Gasteiger partial charge on any atom is 0.266 e. The van der Waals surface area contributed by atoms with Gasteiger partial charge in [-0.2, -0.15) is 8.78 Å². The van der Waals surface area contributed by atoms with Crippen molar-refractivity contribution in [3.05, 3.63) is 48.1 Å². The second-order valence-corrected chi connectivity index (χ2v) is 4.56. The number of unbranched alkanes of at least 4 members (excludes halogenated alkanes) is 2. The molecule has 0 aliphatic rings. The van der Waals surface area contributed by atoms with Gasteiger partial charge in [0.2, 0.25) is 5.12 Å². The zero-order valence-electron chi connectivity index (χ0n) is 9.36. The molecule has 0 aliphatic carbocycles. The van der Waals surface area contributed by atoms with E-state index < -0.39 is 6.08 Å². The van der Waals surface area contributed by atoms with Gasteiger partial charge in [0.1, 0.15) is 0 Å². The van der Waals surface area contributed by atoms with Gasteiger partial charge in [0, 0.05) is 11.3 Å². The Morgan fingerprint density at radius 1 is 1.18 bits per heavy atom. The number of carbonyl (C=O) groups excluding carboxylic acids is 1. The minimum Gasteiger partial charge on any atom is -0.282 e. The molecule has 4 heteroatoms. The zero-order chi connectivity index (χ0) is 12.5. The van der Waals surface area contributed by atoms with Gasteiger partial charge in [-0.05, 0) is 25.3 Å². The molecule has 17 heavy (non-hydrogen) atoms. The highest BCUT2D eigenvalue weighted by atomic mass is 32.2. The molecule has 0 N–H and O–H groups in total. The van der Waals surface area contributed by atoms with Gasteiger partial charge in [-0.15, -0.1) is 0 Å². The van der Waals surface area contributed by atoms with Crippen molar-refractivity contribution in [3.63, 3.8) is 0 Å². The van der Waals surface area contributed by atoms with Gasteiger partial charge >= 0.3 is 0 Å². The maximum atomic E-state index is 11.7. The SMILES string of the molecule is O=C(SCCCCC=C(F)F)c1ccccc1. The largest absolute Gasteiger partial charge is 0.282 e. The van der Waals surface area contributed by atoms with Gasteiger partial charge in [0.15, 0.2) is 0 Å². The molecule has 0 fully saturated rings. The summed E-state index contributed by atoms with van der Waals surface area (Å²) in [4.78, 5) is 11.6. The topological polar surface area (TPSA) is 17.1 Å². The molecule has 1 aromatic carbocycles. The molecule has 0 spiro atoms. The molecule has 0 saturated heterocycles. The Balaban J connectivity index is 2.15. The fraction of sp³-hybridized carbons (Fsp3) is 0.308. The Bertz CT molecular complexity index is 372. The molecule has 1 nitrogen and oxygen atoms in total. The Morgan fingerprint density at radius 3 is 2.53 bits per heavy atom. The first-order valence-electron chi connectivity index (χ1n) is 5.43. The fourth-order valence-corrected chi connectivity index (χ4v) is 2.12. The lowest BCUT2D eigenvalue weighted by Crippen LogP contribution is -1.94. The smallest absolute Gasteiger partial charge is 0.266 e. The molecule has 0 aliphatic heterocycles. The van der Waals surface area contributed by atoms with Crippen LogP contribution >= 0.6 is 11.8 Å².